The molecule has 1 heterocycles. The lowest BCUT2D eigenvalue weighted by atomic mass is 10.4. The Kier molecular flexibility index (Phi) is 2.15. The third-order valence-electron chi connectivity index (χ3n) is 1.24. The van der Waals surface area contributed by atoms with Gasteiger partial charge in [-0.1, -0.05) is 0 Å². The second-order valence-electron chi connectivity index (χ2n) is 2.48. The van der Waals surface area contributed by atoms with Crippen LogP contribution in [0.15, 0.2) is 12.5 Å². The Labute approximate surface area is 65.7 Å². The third-order valence-corrected chi connectivity index (χ3v) is 1.24. The summed E-state index contributed by atoms with van der Waals surface area (Å²) in [6.45, 7) is 0. The summed E-state index contributed by atoms with van der Waals surface area (Å²) in [5.41, 5.74) is 6.36. The molecular formula is C7H12N4. The molecule has 0 aromatic carbocycles. The van der Waals surface area contributed by atoms with Gasteiger partial charge in [0.05, 0.1) is 12.0 Å². The molecule has 0 bridgehead atoms. The SMILES string of the molecule is CN(C)/C=C\c1[nH]cnc1N. The first kappa shape index (κ1) is 7.65. The number of rotatable bonds is 2. The molecule has 0 atom stereocenters. The lowest BCUT2D eigenvalue weighted by Gasteiger charge is -2.01. The minimum absolute atomic E-state index is 0.531. The average molecular weight is 152 g/mol. The summed E-state index contributed by atoms with van der Waals surface area (Å²) in [5, 5.41) is 0. The highest BCUT2D eigenvalue weighted by Gasteiger charge is 1.94. The molecular weight excluding hydrogens is 140 g/mol. The van der Waals surface area contributed by atoms with E-state index in [1.54, 1.807) is 6.33 Å². The summed E-state index contributed by atoms with van der Waals surface area (Å²) in [5.74, 6) is 0.531. The van der Waals surface area contributed by atoms with E-state index in [1.165, 1.54) is 0 Å². The number of aromatic nitrogens is 2. The molecule has 0 saturated heterocycles. The number of hydrogen-bond acceptors (Lipinski definition) is 3. The van der Waals surface area contributed by atoms with Gasteiger partial charge >= 0.3 is 0 Å². The van der Waals surface area contributed by atoms with Gasteiger partial charge in [-0.05, 0) is 6.08 Å². The molecule has 3 N–H and O–H groups in total. The zero-order valence-corrected chi connectivity index (χ0v) is 6.70. The van der Waals surface area contributed by atoms with Crippen LogP contribution in [0.4, 0.5) is 5.82 Å². The van der Waals surface area contributed by atoms with Gasteiger partial charge in [-0.15, -0.1) is 0 Å². The first-order valence-electron chi connectivity index (χ1n) is 3.33. The van der Waals surface area contributed by atoms with Crippen LogP contribution < -0.4 is 5.73 Å². The second-order valence-corrected chi connectivity index (χ2v) is 2.48. The van der Waals surface area contributed by atoms with Crippen molar-refractivity contribution >= 4 is 11.9 Å². The lowest BCUT2D eigenvalue weighted by Crippen LogP contribution is -2.00. The zero-order valence-electron chi connectivity index (χ0n) is 6.70. The van der Waals surface area contributed by atoms with Crippen LogP contribution in [0.25, 0.3) is 6.08 Å². The number of hydrogen-bond donors (Lipinski definition) is 2. The highest BCUT2D eigenvalue weighted by molar-refractivity contribution is 5.56. The van der Waals surface area contributed by atoms with Crippen LogP contribution in [0.5, 0.6) is 0 Å². The van der Waals surface area contributed by atoms with E-state index in [4.69, 9.17) is 5.73 Å². The van der Waals surface area contributed by atoms with E-state index in [-0.39, 0.29) is 0 Å². The number of H-pyrrole nitrogens is 1. The molecule has 0 spiro atoms. The van der Waals surface area contributed by atoms with Gasteiger partial charge in [-0.2, -0.15) is 0 Å². The topological polar surface area (TPSA) is 57.9 Å². The van der Waals surface area contributed by atoms with Crippen molar-refractivity contribution in [3.8, 4) is 0 Å². The number of nitrogens with one attached hydrogen (secondary N) is 1. The van der Waals surface area contributed by atoms with Crippen molar-refractivity contribution in [1.82, 2.24) is 14.9 Å². The van der Waals surface area contributed by atoms with E-state index >= 15 is 0 Å². The largest absolute Gasteiger partial charge is 0.383 e. The average Bonchev–Trinajstić information content (AvgIpc) is 2.31. The molecule has 0 aliphatic carbocycles. The molecule has 0 amide bonds. The van der Waals surface area contributed by atoms with Crippen LogP contribution in [-0.4, -0.2) is 29.0 Å². The molecule has 1 aromatic heterocycles. The molecule has 0 aliphatic heterocycles. The standard InChI is InChI=1S/C7H12N4/c1-11(2)4-3-6-7(8)10-5-9-6/h3-5H,8H2,1-2H3,(H,9,10)/b4-3-. The summed E-state index contributed by atoms with van der Waals surface area (Å²) in [7, 11) is 3.89. The van der Waals surface area contributed by atoms with Gasteiger partial charge in [0.15, 0.2) is 0 Å². The number of nitrogen functional groups attached to an aromatic ring is 1. The van der Waals surface area contributed by atoms with E-state index in [9.17, 15) is 0 Å². The molecule has 0 aliphatic rings. The maximum atomic E-state index is 5.51. The van der Waals surface area contributed by atoms with Crippen LogP contribution in [0.1, 0.15) is 5.69 Å². The van der Waals surface area contributed by atoms with Crippen molar-refractivity contribution in [1.29, 1.82) is 0 Å². The highest BCUT2D eigenvalue weighted by atomic mass is 15.0. The van der Waals surface area contributed by atoms with Gasteiger partial charge in [0.1, 0.15) is 5.82 Å². The van der Waals surface area contributed by atoms with Crippen LogP contribution in [0.3, 0.4) is 0 Å². The molecule has 1 rings (SSSR count). The quantitative estimate of drug-likeness (QED) is 0.649. The number of nitrogens with two attached hydrogens (primary N) is 1. The Balaban J connectivity index is 2.71. The Morgan fingerprint density at radius 3 is 2.82 bits per heavy atom. The molecule has 11 heavy (non-hydrogen) atoms. The summed E-state index contributed by atoms with van der Waals surface area (Å²) in [6, 6.07) is 0. The van der Waals surface area contributed by atoms with Crippen LogP contribution in [0.2, 0.25) is 0 Å². The highest BCUT2D eigenvalue weighted by Crippen LogP contribution is 2.05. The summed E-state index contributed by atoms with van der Waals surface area (Å²) in [6.07, 6.45) is 5.36. The van der Waals surface area contributed by atoms with Gasteiger partial charge < -0.3 is 15.6 Å². The van der Waals surface area contributed by atoms with Crippen LogP contribution in [0, 0.1) is 0 Å². The summed E-state index contributed by atoms with van der Waals surface area (Å²) < 4.78 is 0. The van der Waals surface area contributed by atoms with Crippen molar-refractivity contribution in [3.05, 3.63) is 18.2 Å². The fraction of sp³-hybridized carbons (Fsp3) is 0.286. The van der Waals surface area contributed by atoms with E-state index < -0.39 is 0 Å². The Hall–Kier alpha value is -1.45. The lowest BCUT2D eigenvalue weighted by molar-refractivity contribution is 0.567. The monoisotopic (exact) mass is 152 g/mol. The van der Waals surface area contributed by atoms with E-state index in [0.717, 1.165) is 5.69 Å². The minimum Gasteiger partial charge on any atom is -0.383 e. The van der Waals surface area contributed by atoms with Gasteiger partial charge in [0.25, 0.3) is 0 Å². The third kappa shape index (κ3) is 2.00. The molecule has 0 fully saturated rings. The van der Waals surface area contributed by atoms with Gasteiger partial charge in [-0.3, -0.25) is 0 Å². The van der Waals surface area contributed by atoms with Crippen molar-refractivity contribution in [3.63, 3.8) is 0 Å². The van der Waals surface area contributed by atoms with Gasteiger partial charge in [0, 0.05) is 20.3 Å². The van der Waals surface area contributed by atoms with E-state index in [0.29, 0.717) is 5.82 Å². The minimum atomic E-state index is 0.531. The van der Waals surface area contributed by atoms with Crippen molar-refractivity contribution in [2.75, 3.05) is 19.8 Å². The smallest absolute Gasteiger partial charge is 0.148 e. The van der Waals surface area contributed by atoms with Gasteiger partial charge in [0.2, 0.25) is 0 Å². The molecule has 4 heteroatoms. The molecule has 0 radical (unpaired) electrons. The first-order valence-corrected chi connectivity index (χ1v) is 3.33. The first-order chi connectivity index (χ1) is 5.20. The molecule has 0 unspecified atom stereocenters. The van der Waals surface area contributed by atoms with E-state index in [1.807, 2.05) is 31.3 Å². The van der Waals surface area contributed by atoms with Crippen molar-refractivity contribution in [2.45, 2.75) is 0 Å². The fourth-order valence-corrected chi connectivity index (χ4v) is 0.672. The Morgan fingerprint density at radius 1 is 1.64 bits per heavy atom. The Morgan fingerprint density at radius 2 is 2.36 bits per heavy atom. The fourth-order valence-electron chi connectivity index (χ4n) is 0.672. The number of nitrogens with zero attached hydrogens (tertiary/aromatic N) is 2. The summed E-state index contributed by atoms with van der Waals surface area (Å²) in [4.78, 5) is 8.69. The molecule has 0 saturated carbocycles. The zero-order chi connectivity index (χ0) is 8.27. The maximum Gasteiger partial charge on any atom is 0.148 e. The van der Waals surface area contributed by atoms with Crippen molar-refractivity contribution < 1.29 is 0 Å². The molecule has 60 valence electrons. The van der Waals surface area contributed by atoms with Crippen LogP contribution in [-0.2, 0) is 0 Å². The Bertz CT molecular complexity index is 249. The predicted molar refractivity (Wildman–Crippen MR) is 45.7 cm³/mol. The van der Waals surface area contributed by atoms with Crippen molar-refractivity contribution in [2.24, 2.45) is 0 Å². The second kappa shape index (κ2) is 3.09. The number of imidazole rings is 1. The van der Waals surface area contributed by atoms with Gasteiger partial charge in [-0.25, -0.2) is 4.98 Å². The molecule has 4 nitrogen and oxygen atoms in total. The predicted octanol–water partition coefficient (Wildman–Crippen LogP) is 0.524. The summed E-state index contributed by atoms with van der Waals surface area (Å²) >= 11 is 0. The normalized spacial score (nSPS) is 10.7. The molecule has 1 aromatic rings. The maximum absolute atomic E-state index is 5.51. The number of aromatic amines is 1. The van der Waals surface area contributed by atoms with Crippen LogP contribution >= 0.6 is 0 Å². The van der Waals surface area contributed by atoms with E-state index in [2.05, 4.69) is 9.97 Å². The number of anilines is 1.